The lowest BCUT2D eigenvalue weighted by molar-refractivity contribution is 0.258. The van der Waals surface area contributed by atoms with Gasteiger partial charge in [0.15, 0.2) is 0 Å². The Balaban J connectivity index is 1.47. The molecule has 1 aromatic carbocycles. The van der Waals surface area contributed by atoms with Crippen LogP contribution in [0.3, 0.4) is 0 Å². The molecule has 2 rings (SSSR count). The molecule has 1 heteroatoms. The van der Waals surface area contributed by atoms with Crippen molar-refractivity contribution in [3.8, 4) is 0 Å². The lowest BCUT2D eigenvalue weighted by atomic mass is 9.66. The summed E-state index contributed by atoms with van der Waals surface area (Å²) >= 11 is 0. The van der Waals surface area contributed by atoms with Crippen LogP contribution in [-0.4, -0.2) is 6.04 Å². The van der Waals surface area contributed by atoms with E-state index in [0.717, 1.165) is 6.42 Å². The highest BCUT2D eigenvalue weighted by molar-refractivity contribution is 5.27. The minimum atomic E-state index is 0.355. The van der Waals surface area contributed by atoms with Gasteiger partial charge in [-0.3, -0.25) is 0 Å². The quantitative estimate of drug-likeness (QED) is 0.273. The molecule has 1 saturated carbocycles. The van der Waals surface area contributed by atoms with Gasteiger partial charge in [-0.1, -0.05) is 114 Å². The average Bonchev–Trinajstić information content (AvgIpc) is 2.67. The molecule has 0 radical (unpaired) electrons. The molecule has 1 aliphatic rings. The van der Waals surface area contributed by atoms with Gasteiger partial charge in [0.1, 0.15) is 0 Å². The maximum Gasteiger partial charge on any atom is 0.0114 e. The van der Waals surface area contributed by atoms with Gasteiger partial charge >= 0.3 is 0 Å². The highest BCUT2D eigenvalue weighted by Crippen LogP contribution is 2.42. The minimum Gasteiger partial charge on any atom is -0.327 e. The fourth-order valence-corrected chi connectivity index (χ4v) is 4.23. The van der Waals surface area contributed by atoms with Crippen molar-refractivity contribution >= 4 is 0 Å². The smallest absolute Gasteiger partial charge is 0.0114 e. The van der Waals surface area contributed by atoms with Gasteiger partial charge < -0.3 is 5.73 Å². The summed E-state index contributed by atoms with van der Waals surface area (Å²) in [6, 6.07) is 11.2. The first-order valence-corrected chi connectivity index (χ1v) is 11.3. The summed E-state index contributed by atoms with van der Waals surface area (Å²) < 4.78 is 0. The van der Waals surface area contributed by atoms with Crippen LogP contribution in [0.4, 0.5) is 0 Å². The van der Waals surface area contributed by atoms with E-state index in [0.29, 0.717) is 17.9 Å². The maximum atomic E-state index is 6.25. The van der Waals surface area contributed by atoms with Crippen LogP contribution in [-0.2, 0) is 0 Å². The summed E-state index contributed by atoms with van der Waals surface area (Å²) in [6.07, 6.45) is 22.7. The zero-order valence-electron chi connectivity index (χ0n) is 17.0. The predicted octanol–water partition coefficient (Wildman–Crippen LogP) is 7.37. The third-order valence-corrected chi connectivity index (χ3v) is 6.05. The Morgan fingerprint density at radius 3 is 2.00 bits per heavy atom. The van der Waals surface area contributed by atoms with Crippen LogP contribution in [0.1, 0.15) is 102 Å². The molecule has 0 amide bonds. The van der Waals surface area contributed by atoms with Crippen molar-refractivity contribution in [1.29, 1.82) is 0 Å². The van der Waals surface area contributed by atoms with Gasteiger partial charge in [-0.15, -0.1) is 0 Å². The molecule has 0 aliphatic heterocycles. The van der Waals surface area contributed by atoms with Crippen molar-refractivity contribution in [2.75, 3.05) is 0 Å². The second-order valence-electron chi connectivity index (χ2n) is 8.25. The van der Waals surface area contributed by atoms with Crippen LogP contribution >= 0.6 is 0 Å². The van der Waals surface area contributed by atoms with Crippen molar-refractivity contribution in [1.82, 2.24) is 0 Å². The maximum absolute atomic E-state index is 6.25. The van der Waals surface area contributed by atoms with Gasteiger partial charge in [0, 0.05) is 6.04 Å². The molecule has 146 valence electrons. The Morgan fingerprint density at radius 2 is 1.42 bits per heavy atom. The first kappa shape index (κ1) is 21.2. The van der Waals surface area contributed by atoms with E-state index >= 15 is 0 Å². The van der Waals surface area contributed by atoms with Crippen molar-refractivity contribution in [2.24, 2.45) is 11.7 Å². The van der Waals surface area contributed by atoms with Gasteiger partial charge in [0.05, 0.1) is 0 Å². The number of hydrogen-bond acceptors (Lipinski definition) is 1. The molecule has 1 unspecified atom stereocenters. The predicted molar refractivity (Wildman–Crippen MR) is 115 cm³/mol. The van der Waals surface area contributed by atoms with Gasteiger partial charge in [0.25, 0.3) is 0 Å². The topological polar surface area (TPSA) is 26.0 Å². The lowest BCUT2D eigenvalue weighted by Crippen LogP contribution is -2.44. The van der Waals surface area contributed by atoms with Crippen molar-refractivity contribution in [3.63, 3.8) is 0 Å². The molecule has 26 heavy (non-hydrogen) atoms. The number of allylic oxidation sites excluding steroid dienone is 1. The molecule has 2 N–H and O–H groups in total. The molecule has 1 nitrogen and oxygen atoms in total. The fraction of sp³-hybridized carbons (Fsp3) is 0.680. The standard InChI is InChI=1S/C25H41N/c1-2-3-4-5-6-7-8-9-10-11-12-13-17-20-23-24(21-25(23)26)22-18-15-14-16-19-22/h14-20,23-25H,2-13,21,26H2,1H3/b20-17+/t23-,24?,25+/m1/s1. The van der Waals surface area contributed by atoms with E-state index in [2.05, 4.69) is 49.4 Å². The second kappa shape index (κ2) is 13.1. The van der Waals surface area contributed by atoms with E-state index in [-0.39, 0.29) is 0 Å². The molecule has 0 aromatic heterocycles. The Hall–Kier alpha value is -1.08. The number of unbranched alkanes of at least 4 members (excludes halogenated alkanes) is 11. The van der Waals surface area contributed by atoms with Gasteiger partial charge in [0.2, 0.25) is 0 Å². The van der Waals surface area contributed by atoms with Crippen LogP contribution < -0.4 is 5.73 Å². The molecule has 0 saturated heterocycles. The van der Waals surface area contributed by atoms with Gasteiger partial charge in [-0.05, 0) is 36.7 Å². The van der Waals surface area contributed by atoms with Crippen LogP contribution in [0.25, 0.3) is 0 Å². The summed E-state index contributed by atoms with van der Waals surface area (Å²) in [5, 5.41) is 0. The highest BCUT2D eigenvalue weighted by atomic mass is 14.7. The van der Waals surface area contributed by atoms with Crippen molar-refractivity contribution < 1.29 is 0 Å². The summed E-state index contributed by atoms with van der Waals surface area (Å²) in [6.45, 7) is 2.29. The van der Waals surface area contributed by atoms with Gasteiger partial charge in [-0.2, -0.15) is 0 Å². The van der Waals surface area contributed by atoms with E-state index in [1.54, 1.807) is 0 Å². The van der Waals surface area contributed by atoms with Gasteiger partial charge in [-0.25, -0.2) is 0 Å². The monoisotopic (exact) mass is 355 g/mol. The molecule has 1 aromatic rings. The third-order valence-electron chi connectivity index (χ3n) is 6.05. The third kappa shape index (κ3) is 7.66. The van der Waals surface area contributed by atoms with E-state index in [1.165, 1.54) is 82.6 Å². The molecule has 3 atom stereocenters. The molecule has 1 aliphatic carbocycles. The number of nitrogens with two attached hydrogens (primary N) is 1. The Kier molecular flexibility index (Phi) is 10.7. The Labute approximate surface area is 162 Å². The SMILES string of the molecule is CCCCCCCCCCCCC/C=C/[C@@H]1C(c2ccccc2)C[C@@H]1N. The summed E-state index contributed by atoms with van der Waals surface area (Å²) in [7, 11) is 0. The van der Waals surface area contributed by atoms with Crippen LogP contribution in [0.15, 0.2) is 42.5 Å². The largest absolute Gasteiger partial charge is 0.327 e. The lowest BCUT2D eigenvalue weighted by Gasteiger charge is -2.41. The summed E-state index contributed by atoms with van der Waals surface area (Å²) in [5.41, 5.74) is 7.70. The Bertz CT molecular complexity index is 478. The Morgan fingerprint density at radius 1 is 0.846 bits per heavy atom. The molecular formula is C25H41N. The van der Waals surface area contributed by atoms with E-state index in [4.69, 9.17) is 5.73 Å². The minimum absolute atomic E-state index is 0.355. The zero-order valence-corrected chi connectivity index (χ0v) is 17.0. The molecule has 0 spiro atoms. The summed E-state index contributed by atoms with van der Waals surface area (Å²) in [5.74, 6) is 1.19. The van der Waals surface area contributed by atoms with E-state index in [1.807, 2.05) is 0 Å². The van der Waals surface area contributed by atoms with E-state index in [9.17, 15) is 0 Å². The molecule has 1 fully saturated rings. The summed E-state index contributed by atoms with van der Waals surface area (Å²) in [4.78, 5) is 0. The van der Waals surface area contributed by atoms with Crippen LogP contribution in [0, 0.1) is 5.92 Å². The van der Waals surface area contributed by atoms with Crippen molar-refractivity contribution in [3.05, 3.63) is 48.0 Å². The average molecular weight is 356 g/mol. The normalized spacial score (nSPS) is 22.6. The van der Waals surface area contributed by atoms with Crippen LogP contribution in [0.2, 0.25) is 0 Å². The molecule has 0 heterocycles. The van der Waals surface area contributed by atoms with Crippen LogP contribution in [0.5, 0.6) is 0 Å². The zero-order chi connectivity index (χ0) is 18.5. The van der Waals surface area contributed by atoms with E-state index < -0.39 is 0 Å². The first-order valence-electron chi connectivity index (χ1n) is 11.3. The first-order chi connectivity index (χ1) is 12.8. The number of benzene rings is 1. The number of rotatable bonds is 14. The molecular weight excluding hydrogens is 314 g/mol. The second-order valence-corrected chi connectivity index (χ2v) is 8.25. The van der Waals surface area contributed by atoms with Crippen molar-refractivity contribution in [2.45, 2.75) is 102 Å². The fourth-order valence-electron chi connectivity index (χ4n) is 4.23. The molecule has 0 bridgehead atoms. The number of hydrogen-bond donors (Lipinski definition) is 1. The highest BCUT2D eigenvalue weighted by Gasteiger charge is 2.37.